The van der Waals surface area contributed by atoms with Crippen molar-refractivity contribution in [1.82, 2.24) is 0 Å². The molecule has 0 bridgehead atoms. The summed E-state index contributed by atoms with van der Waals surface area (Å²) in [5.41, 5.74) is -0.509. The van der Waals surface area contributed by atoms with Gasteiger partial charge in [0.1, 0.15) is 18.1 Å². The highest BCUT2D eigenvalue weighted by molar-refractivity contribution is 5.19. The van der Waals surface area contributed by atoms with Gasteiger partial charge in [0.15, 0.2) is 0 Å². The molecule has 0 saturated carbocycles. The van der Waals surface area contributed by atoms with Crippen LogP contribution in [0.25, 0.3) is 0 Å². The molecule has 0 spiro atoms. The van der Waals surface area contributed by atoms with Crippen molar-refractivity contribution in [3.63, 3.8) is 0 Å². The molecule has 0 radical (unpaired) electrons. The molecule has 1 aromatic rings. The number of ether oxygens (including phenoxy) is 1. The molecule has 0 aromatic carbocycles. The van der Waals surface area contributed by atoms with E-state index in [-0.39, 0.29) is 12.4 Å². The predicted molar refractivity (Wildman–Crippen MR) is 42.1 cm³/mol. The fourth-order valence-corrected chi connectivity index (χ4v) is 0.833. The van der Waals surface area contributed by atoms with E-state index in [2.05, 4.69) is 4.42 Å². The van der Waals surface area contributed by atoms with E-state index in [1.807, 2.05) is 6.92 Å². The Hall–Kier alpha value is -1.29. The van der Waals surface area contributed by atoms with E-state index in [0.29, 0.717) is 12.4 Å². The van der Waals surface area contributed by atoms with Crippen LogP contribution in [0.15, 0.2) is 21.3 Å². The average molecular weight is 170 g/mol. The molecule has 1 aromatic heterocycles. The largest absolute Gasteiger partial charge is 0.493 e. The second-order valence-corrected chi connectivity index (χ2v) is 2.17. The van der Waals surface area contributed by atoms with Crippen LogP contribution in [0.5, 0.6) is 5.75 Å². The van der Waals surface area contributed by atoms with Gasteiger partial charge >= 0.3 is 5.63 Å². The van der Waals surface area contributed by atoms with Crippen LogP contribution in [-0.2, 0) is 6.61 Å². The third-order valence-corrected chi connectivity index (χ3v) is 1.26. The lowest BCUT2D eigenvalue weighted by Crippen LogP contribution is -2.02. The maximum Gasteiger partial charge on any atom is 0.339 e. The van der Waals surface area contributed by atoms with Gasteiger partial charge in [0.05, 0.1) is 12.7 Å². The SMILES string of the molecule is CCOc1cc(CO)oc(=O)c1. The van der Waals surface area contributed by atoms with Crippen molar-refractivity contribution in [1.29, 1.82) is 0 Å². The van der Waals surface area contributed by atoms with Crippen molar-refractivity contribution in [2.24, 2.45) is 0 Å². The summed E-state index contributed by atoms with van der Waals surface area (Å²) >= 11 is 0. The molecule has 1 N–H and O–H groups in total. The van der Waals surface area contributed by atoms with Crippen molar-refractivity contribution in [3.05, 3.63) is 28.3 Å². The minimum absolute atomic E-state index is 0.214. The first-order chi connectivity index (χ1) is 5.76. The van der Waals surface area contributed by atoms with Crippen LogP contribution in [0.3, 0.4) is 0 Å². The highest BCUT2D eigenvalue weighted by atomic mass is 16.5. The second-order valence-electron chi connectivity index (χ2n) is 2.17. The van der Waals surface area contributed by atoms with Gasteiger partial charge < -0.3 is 14.3 Å². The summed E-state index contributed by atoms with van der Waals surface area (Å²) in [6, 6.07) is 2.73. The van der Waals surface area contributed by atoms with Crippen molar-refractivity contribution in [2.75, 3.05) is 6.61 Å². The summed E-state index contributed by atoms with van der Waals surface area (Å²) in [5, 5.41) is 8.67. The number of aliphatic hydroxyl groups excluding tert-OH is 1. The molecule has 0 amide bonds. The van der Waals surface area contributed by atoms with E-state index in [9.17, 15) is 4.79 Å². The number of rotatable bonds is 3. The average Bonchev–Trinajstić information content (AvgIpc) is 2.04. The van der Waals surface area contributed by atoms with Gasteiger partial charge in [-0.2, -0.15) is 0 Å². The first kappa shape index (κ1) is 8.80. The highest BCUT2D eigenvalue weighted by Gasteiger charge is 1.99. The molecule has 0 unspecified atom stereocenters. The molecule has 1 rings (SSSR count). The number of hydrogen-bond acceptors (Lipinski definition) is 4. The minimum atomic E-state index is -0.509. The van der Waals surface area contributed by atoms with Crippen molar-refractivity contribution >= 4 is 0 Å². The summed E-state index contributed by atoms with van der Waals surface area (Å²) in [6.45, 7) is 2.00. The molecule has 66 valence electrons. The standard InChI is InChI=1S/C8H10O4/c1-2-11-6-3-7(5-9)12-8(10)4-6/h3-4,9H,2,5H2,1H3. The number of hydrogen-bond donors (Lipinski definition) is 1. The van der Waals surface area contributed by atoms with Crippen molar-refractivity contribution < 1.29 is 14.3 Å². The Labute approximate surface area is 69.4 Å². The van der Waals surface area contributed by atoms with Gasteiger partial charge in [0.25, 0.3) is 0 Å². The lowest BCUT2D eigenvalue weighted by atomic mass is 10.4. The minimum Gasteiger partial charge on any atom is -0.493 e. The molecular formula is C8H10O4. The lowest BCUT2D eigenvalue weighted by molar-refractivity contribution is 0.236. The molecule has 0 fully saturated rings. The lowest BCUT2D eigenvalue weighted by Gasteiger charge is -2.01. The van der Waals surface area contributed by atoms with Crippen molar-refractivity contribution in [3.8, 4) is 5.75 Å². The van der Waals surface area contributed by atoms with E-state index in [1.54, 1.807) is 0 Å². The molecule has 0 atom stereocenters. The zero-order valence-electron chi connectivity index (χ0n) is 6.74. The zero-order chi connectivity index (χ0) is 8.97. The normalized spacial score (nSPS) is 9.83. The molecule has 0 saturated heterocycles. The molecule has 1 heterocycles. The Morgan fingerprint density at radius 3 is 2.92 bits per heavy atom. The Bertz CT molecular complexity index is 302. The van der Waals surface area contributed by atoms with Crippen LogP contribution in [0, 0.1) is 0 Å². The van der Waals surface area contributed by atoms with Crippen LogP contribution >= 0.6 is 0 Å². The van der Waals surface area contributed by atoms with Gasteiger partial charge in [-0.25, -0.2) is 4.79 Å². The van der Waals surface area contributed by atoms with Crippen LogP contribution in [0.2, 0.25) is 0 Å². The van der Waals surface area contributed by atoms with E-state index in [0.717, 1.165) is 0 Å². The third kappa shape index (κ3) is 2.10. The maximum atomic E-state index is 10.8. The second kappa shape index (κ2) is 3.92. The fourth-order valence-electron chi connectivity index (χ4n) is 0.833. The van der Waals surface area contributed by atoms with E-state index in [4.69, 9.17) is 9.84 Å². The van der Waals surface area contributed by atoms with Gasteiger partial charge in [-0.3, -0.25) is 0 Å². The first-order valence-corrected chi connectivity index (χ1v) is 3.64. The number of aliphatic hydroxyl groups is 1. The summed E-state index contributed by atoms with van der Waals surface area (Å²) < 4.78 is 9.69. The Morgan fingerprint density at radius 2 is 2.33 bits per heavy atom. The summed E-state index contributed by atoms with van der Waals surface area (Å²) in [4.78, 5) is 10.8. The summed E-state index contributed by atoms with van der Waals surface area (Å²) in [6.07, 6.45) is 0. The predicted octanol–water partition coefficient (Wildman–Crippen LogP) is 0.531. The van der Waals surface area contributed by atoms with Gasteiger partial charge in [-0.15, -0.1) is 0 Å². The van der Waals surface area contributed by atoms with E-state index >= 15 is 0 Å². The van der Waals surface area contributed by atoms with Gasteiger partial charge in [-0.05, 0) is 6.92 Å². The smallest absolute Gasteiger partial charge is 0.339 e. The molecule has 12 heavy (non-hydrogen) atoms. The molecule has 0 aliphatic heterocycles. The van der Waals surface area contributed by atoms with E-state index in [1.165, 1.54) is 12.1 Å². The third-order valence-electron chi connectivity index (χ3n) is 1.26. The first-order valence-electron chi connectivity index (χ1n) is 3.64. The zero-order valence-corrected chi connectivity index (χ0v) is 6.74. The summed E-state index contributed by atoms with van der Waals surface area (Å²) in [5.74, 6) is 0.642. The molecule has 4 nitrogen and oxygen atoms in total. The van der Waals surface area contributed by atoms with Crippen LogP contribution in [0.4, 0.5) is 0 Å². The fraction of sp³-hybridized carbons (Fsp3) is 0.375. The Morgan fingerprint density at radius 1 is 1.58 bits per heavy atom. The highest BCUT2D eigenvalue weighted by Crippen LogP contribution is 2.09. The maximum absolute atomic E-state index is 10.8. The molecular weight excluding hydrogens is 160 g/mol. The van der Waals surface area contributed by atoms with E-state index < -0.39 is 5.63 Å². The van der Waals surface area contributed by atoms with Crippen LogP contribution in [-0.4, -0.2) is 11.7 Å². The molecule has 0 aliphatic carbocycles. The Kier molecular flexibility index (Phi) is 2.88. The molecule has 0 aliphatic rings. The molecule has 4 heteroatoms. The monoisotopic (exact) mass is 170 g/mol. The quantitative estimate of drug-likeness (QED) is 0.718. The van der Waals surface area contributed by atoms with Gasteiger partial charge in [0.2, 0.25) is 0 Å². The Balaban J connectivity index is 2.98. The van der Waals surface area contributed by atoms with Crippen LogP contribution < -0.4 is 10.4 Å². The topological polar surface area (TPSA) is 59.7 Å². The summed E-state index contributed by atoms with van der Waals surface area (Å²) in [7, 11) is 0. The van der Waals surface area contributed by atoms with Crippen molar-refractivity contribution in [2.45, 2.75) is 13.5 Å². The van der Waals surface area contributed by atoms with Crippen LogP contribution in [0.1, 0.15) is 12.7 Å². The van der Waals surface area contributed by atoms with Gasteiger partial charge in [-0.1, -0.05) is 0 Å². The van der Waals surface area contributed by atoms with Gasteiger partial charge in [0, 0.05) is 6.07 Å².